The van der Waals surface area contributed by atoms with E-state index in [0.29, 0.717) is 0 Å². The molecule has 0 aliphatic carbocycles. The highest BCUT2D eigenvalue weighted by molar-refractivity contribution is 8.36. The molecular formula is C13H15N2O16P3S-4. The molecule has 35 heavy (non-hydrogen) atoms. The summed E-state index contributed by atoms with van der Waals surface area (Å²) >= 11 is 4.43. The number of rotatable bonds is 10. The van der Waals surface area contributed by atoms with Gasteiger partial charge >= 0.3 is 25.5 Å². The van der Waals surface area contributed by atoms with E-state index in [0.717, 1.165) is 30.7 Å². The molecule has 22 heteroatoms. The minimum absolute atomic E-state index is 0.719. The second kappa shape index (κ2) is 11.3. The van der Waals surface area contributed by atoms with Gasteiger partial charge in [-0.05, 0) is 11.9 Å². The van der Waals surface area contributed by atoms with Crippen LogP contribution in [0.2, 0.25) is 0 Å². The predicted octanol–water partition coefficient (Wildman–Crippen LogP) is -3.36. The van der Waals surface area contributed by atoms with Crippen molar-refractivity contribution in [2.45, 2.75) is 38.4 Å². The molecule has 1 saturated heterocycles. The maximum absolute atomic E-state index is 12.1. The van der Waals surface area contributed by atoms with Crippen LogP contribution in [0.4, 0.5) is 0 Å². The molecule has 198 valence electrons. The number of hydrogen-bond donors (Lipinski definition) is 1. The highest BCUT2D eigenvalue weighted by Crippen LogP contribution is 2.68. The Morgan fingerprint density at radius 1 is 1.23 bits per heavy atom. The third kappa shape index (κ3) is 9.17. The van der Waals surface area contributed by atoms with Gasteiger partial charge < -0.3 is 50.8 Å². The fraction of sp³-hybridized carbons (Fsp3) is 0.538. The second-order valence-corrected chi connectivity index (χ2v) is 12.2. The van der Waals surface area contributed by atoms with E-state index in [1.165, 1.54) is 0 Å². The molecule has 1 aliphatic rings. The number of ether oxygens (including phenoxy) is 3. The van der Waals surface area contributed by atoms with Gasteiger partial charge in [0, 0.05) is 20.0 Å². The first-order valence-corrected chi connectivity index (χ1v) is 14.4. The first-order valence-electron chi connectivity index (χ1n) is 8.88. The number of hydrogen-bond acceptors (Lipinski definition) is 18. The minimum atomic E-state index is -6.10. The number of nitrogens with zero attached hydrogens (tertiary/aromatic N) is 2. The van der Waals surface area contributed by atoms with Crippen LogP contribution in [-0.4, -0.2) is 51.3 Å². The first kappa shape index (κ1) is 29.8. The Hall–Kier alpha value is -1.46. The van der Waals surface area contributed by atoms with E-state index in [2.05, 4.69) is 25.9 Å². The van der Waals surface area contributed by atoms with Crippen molar-refractivity contribution >= 4 is 47.0 Å². The molecule has 0 aromatic carbocycles. The third-order valence-electron chi connectivity index (χ3n) is 3.77. The Morgan fingerprint density at radius 3 is 2.31 bits per heavy atom. The summed E-state index contributed by atoms with van der Waals surface area (Å²) < 4.78 is 50.2. The Bertz CT molecular complexity index is 1110. The van der Waals surface area contributed by atoms with Crippen molar-refractivity contribution in [1.29, 1.82) is 0 Å². The van der Waals surface area contributed by atoms with Crippen LogP contribution >= 0.6 is 22.8 Å². The number of carbonyl (C=O) groups is 2. The molecule has 2 heterocycles. The van der Waals surface area contributed by atoms with E-state index in [9.17, 15) is 48.2 Å². The van der Waals surface area contributed by atoms with Crippen LogP contribution in [0.25, 0.3) is 0 Å². The van der Waals surface area contributed by atoms with Crippen LogP contribution in [0.1, 0.15) is 20.1 Å². The zero-order valence-electron chi connectivity index (χ0n) is 17.4. The summed E-state index contributed by atoms with van der Waals surface area (Å²) in [5, 5.41) is 11.3. The van der Waals surface area contributed by atoms with Gasteiger partial charge in [-0.15, -0.1) is 4.31 Å². The van der Waals surface area contributed by atoms with Crippen molar-refractivity contribution < 1.29 is 70.8 Å². The zero-order chi connectivity index (χ0) is 26.8. The summed E-state index contributed by atoms with van der Waals surface area (Å²) in [5.41, 5.74) is -1.14. The van der Waals surface area contributed by atoms with Gasteiger partial charge in [0.2, 0.25) is 0 Å². The quantitative estimate of drug-likeness (QED) is 0.161. The molecule has 0 amide bonds. The van der Waals surface area contributed by atoms with E-state index < -0.39 is 77.4 Å². The number of esters is 2. The summed E-state index contributed by atoms with van der Waals surface area (Å²) in [4.78, 5) is 80.9. The van der Waals surface area contributed by atoms with E-state index >= 15 is 0 Å². The zero-order valence-corrected chi connectivity index (χ0v) is 20.9. The van der Waals surface area contributed by atoms with Gasteiger partial charge in [0.15, 0.2) is 18.4 Å². The van der Waals surface area contributed by atoms with Crippen molar-refractivity contribution in [2.75, 3.05) is 6.61 Å². The number of carbonyl (C=O) groups excluding carboxylic acids is 2. The Labute approximate surface area is 201 Å². The Morgan fingerprint density at radius 2 is 1.80 bits per heavy atom. The van der Waals surface area contributed by atoms with Crippen LogP contribution in [0.5, 0.6) is 5.88 Å². The minimum Gasteiger partial charge on any atom is -0.858 e. The van der Waals surface area contributed by atoms with Crippen molar-refractivity contribution in [3.05, 3.63) is 22.7 Å². The third-order valence-corrected chi connectivity index (χ3v) is 8.39. The molecule has 1 fully saturated rings. The molecule has 1 aromatic heterocycles. The molecule has 1 aliphatic heterocycles. The summed E-state index contributed by atoms with van der Waals surface area (Å²) in [6.07, 6.45) is -5.23. The lowest BCUT2D eigenvalue weighted by atomic mass is 10.1. The van der Waals surface area contributed by atoms with Gasteiger partial charge in [-0.25, -0.2) is 14.7 Å². The maximum atomic E-state index is 12.1. The molecule has 0 radical (unpaired) electrons. The lowest BCUT2D eigenvalue weighted by Gasteiger charge is -2.36. The van der Waals surface area contributed by atoms with Crippen LogP contribution in [-0.2, 0) is 58.3 Å². The summed E-state index contributed by atoms with van der Waals surface area (Å²) in [6, 6.07) is 0.873. The molecule has 0 spiro atoms. The second-order valence-electron chi connectivity index (χ2n) is 6.49. The van der Waals surface area contributed by atoms with E-state index in [1.54, 1.807) is 0 Å². The molecule has 1 aromatic rings. The van der Waals surface area contributed by atoms with Crippen molar-refractivity contribution in [3.8, 4) is 5.88 Å². The molecule has 18 nitrogen and oxygen atoms in total. The van der Waals surface area contributed by atoms with Gasteiger partial charge in [0.1, 0.15) is 12.7 Å². The summed E-state index contributed by atoms with van der Waals surface area (Å²) in [6.45, 7) is 0.990. The van der Waals surface area contributed by atoms with Crippen molar-refractivity contribution in [3.63, 3.8) is 0 Å². The standard InChI is InChI=1S/C13H19N2O16P3S/c1-6(16)27-10-8(5-26-34(25,35)31-33(23,24)30-32(20,21)22)29-12(11(10)28-7(2)17)15-4-3-9(18)14-13(15)19/h3-4,8,10-12H,5H2,1-2H3,(H,23,24)(H,25,35)(H,14,18,19)(H2,20,21,22)/p-4/t8-,10-,11-,12-,34?/m1/s1. The average molecular weight is 580 g/mol. The highest BCUT2D eigenvalue weighted by atomic mass is 32.7. The van der Waals surface area contributed by atoms with Gasteiger partial charge in [-0.2, -0.15) is 4.52 Å². The molecule has 0 saturated carbocycles. The topological polar surface area (TPSA) is 271 Å². The van der Waals surface area contributed by atoms with Crippen LogP contribution in [0, 0.1) is 0 Å². The fourth-order valence-electron chi connectivity index (χ4n) is 2.76. The van der Waals surface area contributed by atoms with Crippen LogP contribution in [0.15, 0.2) is 17.1 Å². The van der Waals surface area contributed by atoms with E-state index in [1.807, 2.05) is 0 Å². The monoisotopic (exact) mass is 580 g/mol. The maximum Gasteiger partial charge on any atom is 0.349 e. The highest BCUT2D eigenvalue weighted by Gasteiger charge is 2.51. The lowest BCUT2D eigenvalue weighted by molar-refractivity contribution is -0.339. The molecule has 2 unspecified atom stereocenters. The number of aromatic nitrogens is 2. The lowest BCUT2D eigenvalue weighted by Crippen LogP contribution is -2.41. The van der Waals surface area contributed by atoms with Crippen LogP contribution in [0.3, 0.4) is 0 Å². The molecular weight excluding hydrogens is 565 g/mol. The average Bonchev–Trinajstić information content (AvgIpc) is 2.93. The number of phosphoric acid groups is 2. The first-order chi connectivity index (χ1) is 15.9. The van der Waals surface area contributed by atoms with Crippen molar-refractivity contribution in [2.24, 2.45) is 0 Å². The normalized spacial score (nSPS) is 25.9. The SMILES string of the molecule is CC(=O)O[C@@H]1[C@H](OC(C)=O)[C@@H](CO[P+](O)([S-])OP(=O)([O-])OP(=O)([O-])[O-])O[C@H]1n1ccc([O-])nc1=O. The summed E-state index contributed by atoms with van der Waals surface area (Å²) in [7, 11) is -17.0. The van der Waals surface area contributed by atoms with Gasteiger partial charge in [-0.3, -0.25) is 23.0 Å². The van der Waals surface area contributed by atoms with Gasteiger partial charge in [-0.1, -0.05) is 0 Å². The molecule has 1 N–H and O–H groups in total. The van der Waals surface area contributed by atoms with Crippen molar-refractivity contribution in [1.82, 2.24) is 9.55 Å². The predicted molar refractivity (Wildman–Crippen MR) is 103 cm³/mol. The van der Waals surface area contributed by atoms with E-state index in [4.69, 9.17) is 18.7 Å². The molecule has 0 bridgehead atoms. The largest absolute Gasteiger partial charge is 0.858 e. The molecule has 6 atom stereocenters. The Balaban J connectivity index is 2.30. The smallest absolute Gasteiger partial charge is 0.349 e. The van der Waals surface area contributed by atoms with Gasteiger partial charge in [0.25, 0.3) is 7.15 Å². The summed E-state index contributed by atoms with van der Waals surface area (Å²) in [5.74, 6) is -2.74. The van der Waals surface area contributed by atoms with E-state index in [-0.39, 0.29) is 0 Å². The Kier molecular flexibility index (Phi) is 9.60. The fourth-order valence-corrected chi connectivity index (χ4v) is 6.58. The van der Waals surface area contributed by atoms with Crippen LogP contribution < -0.4 is 25.5 Å². The molecule has 2 rings (SSSR count). The van der Waals surface area contributed by atoms with Gasteiger partial charge in [0.05, 0.1) is 7.82 Å².